The summed E-state index contributed by atoms with van der Waals surface area (Å²) < 4.78 is 45.9. The standard InChI is InChI=1S/C15H14F3N3O3/c1-24-9-4-2-8(3-5-9)10-6-12(15(16,17)18)21-13(19-10)7-11(20-21)14(22)23/h2-5,7,10,12,19H,6H2,1H3,(H,22,23)/t10-,12-/m0/s1. The second-order valence-corrected chi connectivity index (χ2v) is 5.43. The maximum atomic E-state index is 13.4. The van der Waals surface area contributed by atoms with E-state index in [1.165, 1.54) is 7.11 Å². The fourth-order valence-corrected chi connectivity index (χ4v) is 2.73. The predicted octanol–water partition coefficient (Wildman–Crippen LogP) is 3.25. The molecule has 2 aromatic rings. The number of rotatable bonds is 3. The van der Waals surface area contributed by atoms with Crippen LogP contribution in [0.25, 0.3) is 0 Å². The number of halogens is 3. The molecule has 0 aliphatic carbocycles. The summed E-state index contributed by atoms with van der Waals surface area (Å²) in [5.74, 6) is -0.748. The van der Waals surface area contributed by atoms with E-state index in [0.29, 0.717) is 16.0 Å². The van der Waals surface area contributed by atoms with E-state index in [2.05, 4.69) is 10.4 Å². The number of fused-ring (bicyclic) bond motifs is 1. The summed E-state index contributed by atoms with van der Waals surface area (Å²) in [6, 6.07) is 5.27. The van der Waals surface area contributed by atoms with Gasteiger partial charge in [-0.2, -0.15) is 18.3 Å². The zero-order valence-corrected chi connectivity index (χ0v) is 12.5. The van der Waals surface area contributed by atoms with E-state index in [1.54, 1.807) is 24.3 Å². The fraction of sp³-hybridized carbons (Fsp3) is 0.333. The Morgan fingerprint density at radius 2 is 2.04 bits per heavy atom. The number of aromatic nitrogens is 2. The third-order valence-corrected chi connectivity index (χ3v) is 3.93. The van der Waals surface area contributed by atoms with Crippen LogP contribution in [-0.2, 0) is 0 Å². The molecule has 1 aliphatic heterocycles. The minimum Gasteiger partial charge on any atom is -0.497 e. The summed E-state index contributed by atoms with van der Waals surface area (Å²) in [4.78, 5) is 11.0. The molecule has 0 amide bonds. The summed E-state index contributed by atoms with van der Waals surface area (Å²) in [5, 5.41) is 15.5. The lowest BCUT2D eigenvalue weighted by atomic mass is 9.97. The van der Waals surface area contributed by atoms with E-state index in [0.717, 1.165) is 6.07 Å². The van der Waals surface area contributed by atoms with Crippen molar-refractivity contribution >= 4 is 11.8 Å². The molecular formula is C15H14F3N3O3. The molecule has 1 aliphatic rings. The molecular weight excluding hydrogens is 327 g/mol. The first-order valence-corrected chi connectivity index (χ1v) is 7.09. The number of anilines is 1. The van der Waals surface area contributed by atoms with Crippen molar-refractivity contribution in [1.29, 1.82) is 0 Å². The van der Waals surface area contributed by atoms with Crippen molar-refractivity contribution in [3.05, 3.63) is 41.6 Å². The smallest absolute Gasteiger partial charge is 0.410 e. The fourth-order valence-electron chi connectivity index (χ4n) is 2.73. The van der Waals surface area contributed by atoms with Gasteiger partial charge in [0, 0.05) is 12.5 Å². The Labute approximate surface area is 134 Å². The van der Waals surface area contributed by atoms with Gasteiger partial charge in [0.15, 0.2) is 11.7 Å². The maximum absolute atomic E-state index is 13.4. The van der Waals surface area contributed by atoms with Crippen molar-refractivity contribution in [3.63, 3.8) is 0 Å². The highest BCUT2D eigenvalue weighted by Crippen LogP contribution is 2.43. The summed E-state index contributed by atoms with van der Waals surface area (Å²) in [6.07, 6.45) is -4.83. The van der Waals surface area contributed by atoms with Gasteiger partial charge in [0.1, 0.15) is 11.6 Å². The number of aromatic carboxylic acids is 1. The first-order valence-electron chi connectivity index (χ1n) is 7.09. The summed E-state index contributed by atoms with van der Waals surface area (Å²) in [6.45, 7) is 0. The zero-order chi connectivity index (χ0) is 17.5. The van der Waals surface area contributed by atoms with Crippen LogP contribution in [0.2, 0.25) is 0 Å². The van der Waals surface area contributed by atoms with E-state index >= 15 is 0 Å². The third kappa shape index (κ3) is 2.89. The zero-order valence-electron chi connectivity index (χ0n) is 12.5. The van der Waals surface area contributed by atoms with Gasteiger partial charge in [0.05, 0.1) is 13.2 Å². The molecule has 0 spiro atoms. The Balaban J connectivity index is 1.98. The molecule has 1 aromatic carbocycles. The van der Waals surface area contributed by atoms with Crippen molar-refractivity contribution in [2.24, 2.45) is 0 Å². The Morgan fingerprint density at radius 3 is 2.58 bits per heavy atom. The van der Waals surface area contributed by atoms with E-state index in [-0.39, 0.29) is 12.2 Å². The highest BCUT2D eigenvalue weighted by atomic mass is 19.4. The molecule has 0 bridgehead atoms. The van der Waals surface area contributed by atoms with Crippen LogP contribution in [0.4, 0.5) is 19.0 Å². The minimum absolute atomic E-state index is 0.0294. The lowest BCUT2D eigenvalue weighted by Crippen LogP contribution is -2.35. The first kappa shape index (κ1) is 16.2. The van der Waals surface area contributed by atoms with Crippen molar-refractivity contribution in [3.8, 4) is 5.75 Å². The highest BCUT2D eigenvalue weighted by Gasteiger charge is 2.46. The molecule has 2 atom stereocenters. The molecule has 3 rings (SSSR count). The van der Waals surface area contributed by atoms with Gasteiger partial charge in [0.2, 0.25) is 0 Å². The minimum atomic E-state index is -4.54. The molecule has 24 heavy (non-hydrogen) atoms. The number of methoxy groups -OCH3 is 1. The summed E-state index contributed by atoms with van der Waals surface area (Å²) >= 11 is 0. The first-order chi connectivity index (χ1) is 11.3. The number of carboxylic acids is 1. The highest BCUT2D eigenvalue weighted by molar-refractivity contribution is 5.86. The van der Waals surface area contributed by atoms with Gasteiger partial charge in [0.25, 0.3) is 0 Å². The van der Waals surface area contributed by atoms with Crippen LogP contribution in [0.5, 0.6) is 5.75 Å². The number of alkyl halides is 3. The number of carbonyl (C=O) groups is 1. The predicted molar refractivity (Wildman–Crippen MR) is 78.3 cm³/mol. The monoisotopic (exact) mass is 341 g/mol. The van der Waals surface area contributed by atoms with E-state index in [9.17, 15) is 18.0 Å². The van der Waals surface area contributed by atoms with Gasteiger partial charge in [-0.15, -0.1) is 0 Å². The molecule has 0 saturated carbocycles. The number of nitrogens with zero attached hydrogens (tertiary/aromatic N) is 2. The Morgan fingerprint density at radius 1 is 1.38 bits per heavy atom. The van der Waals surface area contributed by atoms with Crippen LogP contribution < -0.4 is 10.1 Å². The molecule has 1 aromatic heterocycles. The van der Waals surface area contributed by atoms with E-state index < -0.39 is 29.9 Å². The second-order valence-electron chi connectivity index (χ2n) is 5.43. The van der Waals surface area contributed by atoms with Crippen molar-refractivity contribution in [1.82, 2.24) is 9.78 Å². The van der Waals surface area contributed by atoms with Gasteiger partial charge in [-0.05, 0) is 17.7 Å². The normalized spacial score (nSPS) is 20.2. The third-order valence-electron chi connectivity index (χ3n) is 3.93. The molecule has 6 nitrogen and oxygen atoms in total. The quantitative estimate of drug-likeness (QED) is 0.896. The van der Waals surface area contributed by atoms with Crippen LogP contribution >= 0.6 is 0 Å². The number of nitrogens with one attached hydrogen (secondary N) is 1. The number of benzene rings is 1. The molecule has 9 heteroatoms. The Bertz CT molecular complexity index is 756. The van der Waals surface area contributed by atoms with Crippen molar-refractivity contribution < 1.29 is 27.8 Å². The molecule has 128 valence electrons. The Kier molecular flexibility index (Phi) is 3.86. The SMILES string of the molecule is COc1ccc([C@@H]2C[C@@H](C(F)(F)F)n3nc(C(=O)O)cc3N2)cc1. The largest absolute Gasteiger partial charge is 0.497 e. The molecule has 0 radical (unpaired) electrons. The van der Waals surface area contributed by atoms with Gasteiger partial charge in [-0.25, -0.2) is 9.48 Å². The topological polar surface area (TPSA) is 76.4 Å². The lowest BCUT2D eigenvalue weighted by Gasteiger charge is -2.33. The van der Waals surface area contributed by atoms with Crippen LogP contribution in [0, 0.1) is 0 Å². The van der Waals surface area contributed by atoms with Gasteiger partial charge in [-0.1, -0.05) is 12.1 Å². The van der Waals surface area contributed by atoms with Crippen LogP contribution in [-0.4, -0.2) is 34.1 Å². The summed E-state index contributed by atoms with van der Waals surface area (Å²) in [5.41, 5.74) is 0.219. The Hall–Kier alpha value is -2.71. The van der Waals surface area contributed by atoms with Gasteiger partial charge >= 0.3 is 12.1 Å². The average molecular weight is 341 g/mol. The molecule has 0 fully saturated rings. The molecule has 0 saturated heterocycles. The van der Waals surface area contributed by atoms with Crippen LogP contribution in [0.3, 0.4) is 0 Å². The van der Waals surface area contributed by atoms with Crippen LogP contribution in [0.15, 0.2) is 30.3 Å². The summed E-state index contributed by atoms with van der Waals surface area (Å²) in [7, 11) is 1.50. The number of carboxylic acid groups (broad SMARTS) is 1. The van der Waals surface area contributed by atoms with E-state index in [1.807, 2.05) is 0 Å². The molecule has 2 heterocycles. The number of hydrogen-bond donors (Lipinski definition) is 2. The van der Waals surface area contributed by atoms with Crippen molar-refractivity contribution in [2.75, 3.05) is 12.4 Å². The maximum Gasteiger partial charge on any atom is 0.410 e. The van der Waals surface area contributed by atoms with Crippen molar-refractivity contribution in [2.45, 2.75) is 24.7 Å². The van der Waals surface area contributed by atoms with E-state index in [4.69, 9.17) is 9.84 Å². The molecule has 2 N–H and O–H groups in total. The number of ether oxygens (including phenoxy) is 1. The van der Waals surface area contributed by atoms with Gasteiger partial charge in [-0.3, -0.25) is 0 Å². The average Bonchev–Trinajstić information content (AvgIpc) is 2.97. The lowest BCUT2D eigenvalue weighted by molar-refractivity contribution is -0.173. The second kappa shape index (κ2) is 5.73. The number of hydrogen-bond acceptors (Lipinski definition) is 4. The molecule has 0 unspecified atom stereocenters. The van der Waals surface area contributed by atoms with Crippen LogP contribution in [0.1, 0.15) is 34.6 Å². The van der Waals surface area contributed by atoms with Gasteiger partial charge < -0.3 is 15.2 Å².